The minimum atomic E-state index is -0.321. The first-order valence-corrected chi connectivity index (χ1v) is 7.38. The molecule has 1 atom stereocenters. The Hall–Kier alpha value is -1.79. The van der Waals surface area contributed by atoms with Crippen LogP contribution in [-0.2, 0) is 6.54 Å². The van der Waals surface area contributed by atoms with Crippen LogP contribution in [-0.4, -0.2) is 14.4 Å². The summed E-state index contributed by atoms with van der Waals surface area (Å²) in [7, 11) is 0. The number of nitrogens with zero attached hydrogens (tertiary/aromatic N) is 3. The van der Waals surface area contributed by atoms with Crippen molar-refractivity contribution in [3.63, 3.8) is 0 Å². The summed E-state index contributed by atoms with van der Waals surface area (Å²) >= 11 is 3.43. The summed E-state index contributed by atoms with van der Waals surface area (Å²) in [5.41, 5.74) is 2.65. The van der Waals surface area contributed by atoms with Gasteiger partial charge in [0.05, 0.1) is 11.9 Å². The standard InChI is InChI=1S/C15H14BrFN4/c1-10(11-4-13(17)6-18-5-11)19-7-14-9-21-8-12(16)2-3-15(21)20-14/h2-6,8-10,19H,7H2,1H3/t10-/m1/s1. The molecule has 0 aliphatic carbocycles. The lowest BCUT2D eigenvalue weighted by Gasteiger charge is -2.12. The first-order valence-electron chi connectivity index (χ1n) is 6.59. The number of halogens is 2. The number of pyridine rings is 2. The molecule has 0 aromatic carbocycles. The minimum Gasteiger partial charge on any atom is -0.306 e. The fourth-order valence-electron chi connectivity index (χ4n) is 2.14. The second-order valence-corrected chi connectivity index (χ2v) is 5.80. The third-order valence-electron chi connectivity index (χ3n) is 3.28. The fraction of sp³-hybridized carbons (Fsp3) is 0.200. The highest BCUT2D eigenvalue weighted by Gasteiger charge is 2.08. The molecule has 3 aromatic heterocycles. The zero-order chi connectivity index (χ0) is 14.8. The van der Waals surface area contributed by atoms with Gasteiger partial charge < -0.3 is 9.72 Å². The van der Waals surface area contributed by atoms with Crippen molar-refractivity contribution in [2.45, 2.75) is 19.5 Å². The highest BCUT2D eigenvalue weighted by Crippen LogP contribution is 2.15. The van der Waals surface area contributed by atoms with Crippen molar-refractivity contribution in [2.24, 2.45) is 0 Å². The van der Waals surface area contributed by atoms with Crippen LogP contribution in [0.1, 0.15) is 24.2 Å². The van der Waals surface area contributed by atoms with Crippen molar-refractivity contribution in [3.05, 3.63) is 64.5 Å². The van der Waals surface area contributed by atoms with Crippen molar-refractivity contribution in [3.8, 4) is 0 Å². The molecule has 3 aromatic rings. The number of hydrogen-bond donors (Lipinski definition) is 1. The van der Waals surface area contributed by atoms with E-state index in [0.29, 0.717) is 6.54 Å². The largest absolute Gasteiger partial charge is 0.306 e. The summed E-state index contributed by atoms with van der Waals surface area (Å²) in [5, 5.41) is 3.32. The van der Waals surface area contributed by atoms with Crippen LogP contribution in [0.4, 0.5) is 4.39 Å². The van der Waals surface area contributed by atoms with Crippen LogP contribution in [0.25, 0.3) is 5.65 Å². The molecule has 0 fully saturated rings. The van der Waals surface area contributed by atoms with E-state index in [0.717, 1.165) is 21.4 Å². The molecule has 0 aliphatic rings. The number of hydrogen-bond acceptors (Lipinski definition) is 3. The number of fused-ring (bicyclic) bond motifs is 1. The number of aromatic nitrogens is 3. The summed E-state index contributed by atoms with van der Waals surface area (Å²) in [4.78, 5) is 8.39. The Kier molecular flexibility index (Phi) is 3.98. The maximum absolute atomic E-state index is 13.2. The predicted octanol–water partition coefficient (Wildman–Crippen LogP) is 3.48. The lowest BCUT2D eigenvalue weighted by atomic mass is 10.1. The first-order chi connectivity index (χ1) is 10.1. The second kappa shape index (κ2) is 5.91. The SMILES string of the molecule is C[C@@H](NCc1cn2cc(Br)ccc2n1)c1cncc(F)c1. The second-order valence-electron chi connectivity index (χ2n) is 4.88. The first kappa shape index (κ1) is 14.2. The molecule has 108 valence electrons. The predicted molar refractivity (Wildman–Crippen MR) is 82.3 cm³/mol. The highest BCUT2D eigenvalue weighted by molar-refractivity contribution is 9.10. The normalized spacial score (nSPS) is 12.7. The molecule has 0 unspecified atom stereocenters. The van der Waals surface area contributed by atoms with E-state index in [1.165, 1.54) is 12.3 Å². The molecule has 0 aliphatic heterocycles. The summed E-state index contributed by atoms with van der Waals surface area (Å²) in [6, 6.07) is 5.41. The minimum absolute atomic E-state index is 0.00440. The van der Waals surface area contributed by atoms with Crippen LogP contribution in [0.5, 0.6) is 0 Å². The molecule has 0 amide bonds. The molecule has 3 heterocycles. The molecule has 0 spiro atoms. The van der Waals surface area contributed by atoms with Gasteiger partial charge in [-0.1, -0.05) is 0 Å². The zero-order valence-electron chi connectivity index (χ0n) is 11.4. The van der Waals surface area contributed by atoms with Crippen LogP contribution < -0.4 is 5.32 Å². The van der Waals surface area contributed by atoms with Gasteiger partial charge in [-0.05, 0) is 46.6 Å². The van der Waals surface area contributed by atoms with E-state index in [9.17, 15) is 4.39 Å². The maximum Gasteiger partial charge on any atom is 0.141 e. The molecule has 3 rings (SSSR count). The van der Waals surface area contributed by atoms with Crippen molar-refractivity contribution in [2.75, 3.05) is 0 Å². The van der Waals surface area contributed by atoms with Gasteiger partial charge in [-0.3, -0.25) is 4.98 Å². The van der Waals surface area contributed by atoms with E-state index in [-0.39, 0.29) is 11.9 Å². The Morgan fingerprint density at radius 3 is 3.00 bits per heavy atom. The van der Waals surface area contributed by atoms with E-state index in [1.807, 2.05) is 35.9 Å². The Balaban J connectivity index is 1.71. The van der Waals surface area contributed by atoms with Crippen LogP contribution in [0.3, 0.4) is 0 Å². The van der Waals surface area contributed by atoms with Gasteiger partial charge in [-0.15, -0.1) is 0 Å². The third kappa shape index (κ3) is 3.28. The monoisotopic (exact) mass is 348 g/mol. The Bertz CT molecular complexity index is 771. The van der Waals surface area contributed by atoms with Crippen LogP contribution in [0.2, 0.25) is 0 Å². The Labute approximate surface area is 130 Å². The van der Waals surface area contributed by atoms with E-state index in [4.69, 9.17) is 0 Å². The van der Waals surface area contributed by atoms with Gasteiger partial charge in [0.25, 0.3) is 0 Å². The number of rotatable bonds is 4. The lowest BCUT2D eigenvalue weighted by molar-refractivity contribution is 0.556. The average molecular weight is 349 g/mol. The molecule has 4 nitrogen and oxygen atoms in total. The zero-order valence-corrected chi connectivity index (χ0v) is 13.0. The van der Waals surface area contributed by atoms with Gasteiger partial charge in [0.2, 0.25) is 0 Å². The maximum atomic E-state index is 13.2. The van der Waals surface area contributed by atoms with Crippen molar-refractivity contribution < 1.29 is 4.39 Å². The molecule has 0 radical (unpaired) electrons. The van der Waals surface area contributed by atoms with E-state index >= 15 is 0 Å². The highest BCUT2D eigenvalue weighted by atomic mass is 79.9. The van der Waals surface area contributed by atoms with Crippen molar-refractivity contribution >= 4 is 21.6 Å². The van der Waals surface area contributed by atoms with E-state index in [2.05, 4.69) is 31.2 Å². The summed E-state index contributed by atoms with van der Waals surface area (Å²) in [6.07, 6.45) is 6.81. The molecule has 1 N–H and O–H groups in total. The fourth-order valence-corrected chi connectivity index (χ4v) is 2.50. The number of nitrogens with one attached hydrogen (secondary N) is 1. The Morgan fingerprint density at radius 2 is 2.19 bits per heavy atom. The van der Waals surface area contributed by atoms with Gasteiger partial charge in [-0.2, -0.15) is 0 Å². The van der Waals surface area contributed by atoms with Crippen LogP contribution >= 0.6 is 15.9 Å². The summed E-state index contributed by atoms with van der Waals surface area (Å²) in [5.74, 6) is -0.321. The van der Waals surface area contributed by atoms with Crippen LogP contribution in [0, 0.1) is 5.82 Å². The average Bonchev–Trinajstić information content (AvgIpc) is 2.86. The van der Waals surface area contributed by atoms with E-state index < -0.39 is 0 Å². The third-order valence-corrected chi connectivity index (χ3v) is 3.75. The lowest BCUT2D eigenvalue weighted by Crippen LogP contribution is -2.18. The molecular weight excluding hydrogens is 335 g/mol. The van der Waals surface area contributed by atoms with Gasteiger partial charge in [0.15, 0.2) is 0 Å². The molecule has 0 saturated heterocycles. The van der Waals surface area contributed by atoms with E-state index in [1.54, 1.807) is 6.20 Å². The molecular formula is C15H14BrFN4. The van der Waals surface area contributed by atoms with Crippen molar-refractivity contribution in [1.82, 2.24) is 19.7 Å². The van der Waals surface area contributed by atoms with Gasteiger partial charge in [-0.25, -0.2) is 9.37 Å². The topological polar surface area (TPSA) is 42.2 Å². The summed E-state index contributed by atoms with van der Waals surface area (Å²) in [6.45, 7) is 2.58. The molecule has 0 bridgehead atoms. The summed E-state index contributed by atoms with van der Waals surface area (Å²) < 4.78 is 16.1. The Morgan fingerprint density at radius 1 is 1.33 bits per heavy atom. The molecule has 21 heavy (non-hydrogen) atoms. The van der Waals surface area contributed by atoms with Gasteiger partial charge in [0, 0.05) is 35.6 Å². The number of imidazole rings is 1. The van der Waals surface area contributed by atoms with Crippen LogP contribution in [0.15, 0.2) is 47.5 Å². The van der Waals surface area contributed by atoms with Gasteiger partial charge in [0.1, 0.15) is 11.5 Å². The van der Waals surface area contributed by atoms with Gasteiger partial charge >= 0.3 is 0 Å². The smallest absolute Gasteiger partial charge is 0.141 e. The molecule has 6 heteroatoms. The quantitative estimate of drug-likeness (QED) is 0.784. The van der Waals surface area contributed by atoms with Crippen molar-refractivity contribution in [1.29, 1.82) is 0 Å². The molecule has 0 saturated carbocycles.